The molecule has 1 atom stereocenters. The summed E-state index contributed by atoms with van der Waals surface area (Å²) < 4.78 is 10.4. The molecule has 2 aromatic rings. The van der Waals surface area contributed by atoms with Crippen LogP contribution in [0.5, 0.6) is 5.75 Å². The molecule has 5 nitrogen and oxygen atoms in total. The van der Waals surface area contributed by atoms with Crippen LogP contribution in [0, 0.1) is 0 Å². The summed E-state index contributed by atoms with van der Waals surface area (Å²) in [7, 11) is 0. The summed E-state index contributed by atoms with van der Waals surface area (Å²) in [5.41, 5.74) is 1.30. The molecule has 0 aliphatic heterocycles. The summed E-state index contributed by atoms with van der Waals surface area (Å²) in [5, 5.41) is 8.85. The van der Waals surface area contributed by atoms with Gasteiger partial charge in [-0.05, 0) is 18.6 Å². The van der Waals surface area contributed by atoms with Crippen molar-refractivity contribution in [2.24, 2.45) is 0 Å². The maximum atomic E-state index is 10.8. The number of nitrogens with zero attached hydrogens (tertiary/aromatic N) is 1. The van der Waals surface area contributed by atoms with Crippen LogP contribution in [0.25, 0.3) is 11.1 Å². The standard InChI is InChI=1S/C11H11NO4/c1-2-9(11(13)14)16-7-3-4-10-8(5-7)12-6-15-10/h3-6,9H,2H2,1H3,(H,13,14). The highest BCUT2D eigenvalue weighted by Crippen LogP contribution is 2.20. The Kier molecular flexibility index (Phi) is 2.76. The maximum Gasteiger partial charge on any atom is 0.344 e. The highest BCUT2D eigenvalue weighted by Gasteiger charge is 2.16. The minimum atomic E-state index is -0.970. The lowest BCUT2D eigenvalue weighted by Gasteiger charge is -2.12. The molecule has 0 bridgehead atoms. The molecule has 0 spiro atoms. The van der Waals surface area contributed by atoms with Crippen molar-refractivity contribution >= 4 is 17.1 Å². The van der Waals surface area contributed by atoms with Crippen molar-refractivity contribution in [1.29, 1.82) is 0 Å². The number of carbonyl (C=O) groups is 1. The third-order valence-corrected chi connectivity index (χ3v) is 2.23. The van der Waals surface area contributed by atoms with Gasteiger partial charge in [-0.15, -0.1) is 0 Å². The Morgan fingerprint density at radius 2 is 2.44 bits per heavy atom. The molecule has 1 aromatic carbocycles. The van der Waals surface area contributed by atoms with E-state index in [2.05, 4.69) is 4.98 Å². The van der Waals surface area contributed by atoms with E-state index >= 15 is 0 Å². The normalized spacial score (nSPS) is 12.6. The Balaban J connectivity index is 2.23. The molecule has 84 valence electrons. The second kappa shape index (κ2) is 4.22. The molecule has 1 aromatic heterocycles. The average Bonchev–Trinajstić information content (AvgIpc) is 2.72. The number of benzene rings is 1. The van der Waals surface area contributed by atoms with Gasteiger partial charge in [-0.3, -0.25) is 0 Å². The number of rotatable bonds is 4. The van der Waals surface area contributed by atoms with E-state index in [1.165, 1.54) is 6.39 Å². The van der Waals surface area contributed by atoms with Crippen LogP contribution in [0.4, 0.5) is 0 Å². The van der Waals surface area contributed by atoms with E-state index in [9.17, 15) is 4.79 Å². The predicted molar refractivity (Wildman–Crippen MR) is 56.4 cm³/mol. The van der Waals surface area contributed by atoms with Crippen LogP contribution in [-0.2, 0) is 4.79 Å². The number of fused-ring (bicyclic) bond motifs is 1. The molecule has 1 heterocycles. The van der Waals surface area contributed by atoms with Crippen molar-refractivity contribution in [3.8, 4) is 5.75 Å². The van der Waals surface area contributed by atoms with E-state index in [1.807, 2.05) is 0 Å². The van der Waals surface area contributed by atoms with Crippen molar-refractivity contribution in [3.63, 3.8) is 0 Å². The minimum Gasteiger partial charge on any atom is -0.479 e. The van der Waals surface area contributed by atoms with Gasteiger partial charge < -0.3 is 14.3 Å². The van der Waals surface area contributed by atoms with E-state index in [0.29, 0.717) is 23.3 Å². The fourth-order valence-electron chi connectivity index (χ4n) is 1.38. The molecule has 16 heavy (non-hydrogen) atoms. The Morgan fingerprint density at radius 1 is 1.62 bits per heavy atom. The summed E-state index contributed by atoms with van der Waals surface area (Å²) >= 11 is 0. The quantitative estimate of drug-likeness (QED) is 0.855. The van der Waals surface area contributed by atoms with Crippen molar-refractivity contribution in [3.05, 3.63) is 24.6 Å². The fourth-order valence-corrected chi connectivity index (χ4v) is 1.38. The van der Waals surface area contributed by atoms with Gasteiger partial charge in [0.1, 0.15) is 11.3 Å². The number of hydrogen-bond donors (Lipinski definition) is 1. The molecule has 1 unspecified atom stereocenters. The lowest BCUT2D eigenvalue weighted by atomic mass is 10.2. The van der Waals surface area contributed by atoms with E-state index in [4.69, 9.17) is 14.3 Å². The number of ether oxygens (including phenoxy) is 1. The van der Waals surface area contributed by atoms with E-state index < -0.39 is 12.1 Å². The summed E-state index contributed by atoms with van der Waals surface area (Å²) in [6, 6.07) is 5.02. The van der Waals surface area contributed by atoms with Gasteiger partial charge in [-0.25, -0.2) is 9.78 Å². The second-order valence-corrected chi connectivity index (χ2v) is 3.33. The van der Waals surface area contributed by atoms with Crippen LogP contribution < -0.4 is 4.74 Å². The Bertz CT molecular complexity index is 505. The SMILES string of the molecule is CCC(Oc1ccc2ocnc2c1)C(=O)O. The highest BCUT2D eigenvalue weighted by atomic mass is 16.5. The molecule has 0 aliphatic rings. The number of hydrogen-bond acceptors (Lipinski definition) is 4. The summed E-state index contributed by atoms with van der Waals surface area (Å²) in [6.07, 6.45) is 0.916. The molecule has 0 radical (unpaired) electrons. The molecule has 2 rings (SSSR count). The topological polar surface area (TPSA) is 72.6 Å². The Labute approximate surface area is 91.7 Å². The summed E-state index contributed by atoms with van der Waals surface area (Å²) in [5.74, 6) is -0.488. The van der Waals surface area contributed by atoms with Gasteiger partial charge in [0.2, 0.25) is 0 Å². The number of oxazole rings is 1. The average molecular weight is 221 g/mol. The molecular weight excluding hydrogens is 210 g/mol. The minimum absolute atomic E-state index is 0.409. The molecule has 0 fully saturated rings. The first-order valence-corrected chi connectivity index (χ1v) is 4.93. The maximum absolute atomic E-state index is 10.8. The van der Waals surface area contributed by atoms with Gasteiger partial charge in [0.15, 0.2) is 18.1 Å². The molecule has 0 amide bonds. The van der Waals surface area contributed by atoms with Crippen LogP contribution in [-0.4, -0.2) is 22.2 Å². The van der Waals surface area contributed by atoms with Crippen LogP contribution in [0.2, 0.25) is 0 Å². The first kappa shape index (κ1) is 10.5. The van der Waals surface area contributed by atoms with Gasteiger partial charge in [0.25, 0.3) is 0 Å². The summed E-state index contributed by atoms with van der Waals surface area (Å²) in [4.78, 5) is 14.8. The largest absolute Gasteiger partial charge is 0.479 e. The van der Waals surface area contributed by atoms with Crippen molar-refractivity contribution < 1.29 is 19.1 Å². The molecule has 0 saturated carbocycles. The van der Waals surface area contributed by atoms with Crippen molar-refractivity contribution in [1.82, 2.24) is 4.98 Å². The number of carboxylic acids is 1. The van der Waals surface area contributed by atoms with Gasteiger partial charge in [-0.1, -0.05) is 6.92 Å². The molecule has 0 aliphatic carbocycles. The third-order valence-electron chi connectivity index (χ3n) is 2.23. The van der Waals surface area contributed by atoms with E-state index in [-0.39, 0.29) is 0 Å². The zero-order chi connectivity index (χ0) is 11.5. The predicted octanol–water partition coefficient (Wildman–Crippen LogP) is 2.07. The van der Waals surface area contributed by atoms with Gasteiger partial charge in [0.05, 0.1) is 0 Å². The van der Waals surface area contributed by atoms with Crippen LogP contribution in [0.15, 0.2) is 29.0 Å². The second-order valence-electron chi connectivity index (χ2n) is 3.33. The number of aromatic nitrogens is 1. The molecule has 0 saturated heterocycles. The van der Waals surface area contributed by atoms with Gasteiger partial charge in [0, 0.05) is 6.07 Å². The monoisotopic (exact) mass is 221 g/mol. The smallest absolute Gasteiger partial charge is 0.344 e. The lowest BCUT2D eigenvalue weighted by Crippen LogP contribution is -2.25. The van der Waals surface area contributed by atoms with Crippen LogP contribution in [0.3, 0.4) is 0 Å². The highest BCUT2D eigenvalue weighted by molar-refractivity contribution is 5.75. The zero-order valence-electron chi connectivity index (χ0n) is 8.71. The van der Waals surface area contributed by atoms with Crippen LogP contribution in [0.1, 0.15) is 13.3 Å². The third kappa shape index (κ3) is 1.98. The zero-order valence-corrected chi connectivity index (χ0v) is 8.71. The Hall–Kier alpha value is -2.04. The van der Waals surface area contributed by atoms with Gasteiger partial charge >= 0.3 is 5.97 Å². The van der Waals surface area contributed by atoms with Crippen molar-refractivity contribution in [2.75, 3.05) is 0 Å². The summed E-state index contributed by atoms with van der Waals surface area (Å²) in [6.45, 7) is 1.76. The molecule has 5 heteroatoms. The first-order chi connectivity index (χ1) is 7.70. The number of aliphatic carboxylic acids is 1. The van der Waals surface area contributed by atoms with Crippen LogP contribution >= 0.6 is 0 Å². The fraction of sp³-hybridized carbons (Fsp3) is 0.273. The molecule has 1 N–H and O–H groups in total. The lowest BCUT2D eigenvalue weighted by molar-refractivity contribution is -0.145. The van der Waals surface area contributed by atoms with E-state index in [1.54, 1.807) is 25.1 Å². The molecular formula is C11H11NO4. The van der Waals surface area contributed by atoms with Gasteiger partial charge in [-0.2, -0.15) is 0 Å². The Morgan fingerprint density at radius 3 is 3.12 bits per heavy atom. The van der Waals surface area contributed by atoms with E-state index in [0.717, 1.165) is 0 Å². The number of carboxylic acid groups (broad SMARTS) is 1. The first-order valence-electron chi connectivity index (χ1n) is 4.93. The van der Waals surface area contributed by atoms with Crippen molar-refractivity contribution in [2.45, 2.75) is 19.4 Å².